The molecule has 0 aromatic heterocycles. The Bertz CT molecular complexity index is 360. The molecule has 0 aromatic rings. The summed E-state index contributed by atoms with van der Waals surface area (Å²) in [4.78, 5) is 39.1. The Morgan fingerprint density at radius 3 is 2.79 bits per heavy atom. The number of likely N-dealkylation sites (N-methyl/N-ethyl adjacent to an activating group) is 1. The normalized spacial score (nSPS) is 20.3. The number of nitrogens with zero attached hydrogens (tertiary/aromatic N) is 1. The van der Waals surface area contributed by atoms with Gasteiger partial charge in [0, 0.05) is 25.9 Å². The van der Waals surface area contributed by atoms with E-state index in [0.717, 1.165) is 11.5 Å². The Morgan fingerprint density at radius 1 is 1.58 bits per heavy atom. The zero-order chi connectivity index (χ0) is 14.4. The molecule has 0 bridgehead atoms. The van der Waals surface area contributed by atoms with Crippen LogP contribution in [0.5, 0.6) is 0 Å². The van der Waals surface area contributed by atoms with Crippen molar-refractivity contribution in [2.24, 2.45) is 11.7 Å². The van der Waals surface area contributed by atoms with Crippen molar-refractivity contribution in [1.82, 2.24) is 10.4 Å². The van der Waals surface area contributed by atoms with E-state index in [4.69, 9.17) is 15.3 Å². The largest absolute Gasteiger partial charge is 0.436 e. The maximum absolute atomic E-state index is 11.9. The molecule has 1 fully saturated rings. The summed E-state index contributed by atoms with van der Waals surface area (Å²) in [7, 11) is 2.70. The van der Waals surface area contributed by atoms with Gasteiger partial charge in [-0.15, -0.1) is 0 Å². The first kappa shape index (κ1) is 15.2. The van der Waals surface area contributed by atoms with E-state index >= 15 is 0 Å². The molecule has 19 heavy (non-hydrogen) atoms. The number of rotatable bonds is 5. The second kappa shape index (κ2) is 6.93. The number of nitrogens with one attached hydrogen (secondary N) is 1. The molecule has 1 heterocycles. The summed E-state index contributed by atoms with van der Waals surface area (Å²) in [5.74, 6) is -1.07. The van der Waals surface area contributed by atoms with Gasteiger partial charge in [-0.2, -0.15) is 0 Å². The fourth-order valence-electron chi connectivity index (χ4n) is 1.95. The van der Waals surface area contributed by atoms with Gasteiger partial charge in [0.2, 0.25) is 5.91 Å². The first-order valence-electron chi connectivity index (χ1n) is 6.01. The Balaban J connectivity index is 2.70. The molecule has 0 spiro atoms. The summed E-state index contributed by atoms with van der Waals surface area (Å²) in [6.45, 7) is 0.628. The molecule has 1 unspecified atom stereocenters. The van der Waals surface area contributed by atoms with Crippen LogP contribution >= 0.6 is 0 Å². The first-order valence-corrected chi connectivity index (χ1v) is 6.01. The number of carbonyl (C=O) groups is 3. The lowest BCUT2D eigenvalue weighted by Crippen LogP contribution is -2.44. The number of hydrogen-bond acceptors (Lipinski definition) is 5. The van der Waals surface area contributed by atoms with Gasteiger partial charge < -0.3 is 15.8 Å². The molecule has 0 radical (unpaired) electrons. The quantitative estimate of drug-likeness (QED) is 0.649. The Morgan fingerprint density at radius 2 is 2.26 bits per heavy atom. The predicted octanol–water partition coefficient (Wildman–Crippen LogP) is -0.614. The zero-order valence-corrected chi connectivity index (χ0v) is 11.0. The summed E-state index contributed by atoms with van der Waals surface area (Å²) >= 11 is 0. The van der Waals surface area contributed by atoms with Gasteiger partial charge >= 0.3 is 6.09 Å². The number of amides is 3. The molecule has 1 aliphatic rings. The van der Waals surface area contributed by atoms with Gasteiger partial charge in [0.05, 0.1) is 7.11 Å². The van der Waals surface area contributed by atoms with E-state index in [1.807, 2.05) is 0 Å². The van der Waals surface area contributed by atoms with Gasteiger partial charge in [0.25, 0.3) is 5.91 Å². The SMILES string of the molecule is CON(C)C(=O)C(C[C@@H]1CCCNC1=O)OC(N)=O. The maximum atomic E-state index is 11.9. The molecule has 3 amide bonds. The molecule has 0 saturated carbocycles. The maximum Gasteiger partial charge on any atom is 0.405 e. The van der Waals surface area contributed by atoms with Crippen molar-refractivity contribution in [1.29, 1.82) is 0 Å². The number of primary amides is 1. The minimum atomic E-state index is -1.11. The minimum Gasteiger partial charge on any atom is -0.436 e. The molecule has 1 saturated heterocycles. The Labute approximate surface area is 111 Å². The third-order valence-electron chi connectivity index (χ3n) is 3.02. The van der Waals surface area contributed by atoms with E-state index in [9.17, 15) is 14.4 Å². The number of hydrogen-bond donors (Lipinski definition) is 2. The fourth-order valence-corrected chi connectivity index (χ4v) is 1.95. The molecule has 8 heteroatoms. The van der Waals surface area contributed by atoms with Crippen molar-refractivity contribution in [2.45, 2.75) is 25.4 Å². The summed E-state index contributed by atoms with van der Waals surface area (Å²) in [6.07, 6.45) is -0.598. The van der Waals surface area contributed by atoms with Gasteiger partial charge in [0.15, 0.2) is 6.10 Å². The second-order valence-electron chi connectivity index (χ2n) is 4.31. The standard InChI is InChI=1S/C11H19N3O5/c1-14(18-2)10(16)8(19-11(12)17)6-7-4-3-5-13-9(7)15/h7-8H,3-6H2,1-2H3,(H2,12,17)(H,13,15)/t7-,8?/m0/s1. The molecule has 2 atom stereocenters. The third-order valence-corrected chi connectivity index (χ3v) is 3.02. The van der Waals surface area contributed by atoms with Crippen LogP contribution in [-0.4, -0.2) is 49.8 Å². The van der Waals surface area contributed by atoms with E-state index in [1.54, 1.807) is 0 Å². The van der Waals surface area contributed by atoms with E-state index in [2.05, 4.69) is 5.32 Å². The highest BCUT2D eigenvalue weighted by Gasteiger charge is 2.32. The number of carbonyl (C=O) groups excluding carboxylic acids is 3. The van der Waals surface area contributed by atoms with Crippen LogP contribution in [0.15, 0.2) is 0 Å². The number of ether oxygens (including phenoxy) is 1. The molecule has 0 aliphatic carbocycles. The van der Waals surface area contributed by atoms with Crippen molar-refractivity contribution in [3.05, 3.63) is 0 Å². The van der Waals surface area contributed by atoms with Gasteiger partial charge in [-0.1, -0.05) is 0 Å². The fraction of sp³-hybridized carbons (Fsp3) is 0.727. The first-order chi connectivity index (χ1) is 8.95. The third kappa shape index (κ3) is 4.40. The van der Waals surface area contributed by atoms with Crippen LogP contribution in [0.25, 0.3) is 0 Å². The van der Waals surface area contributed by atoms with Crippen molar-refractivity contribution < 1.29 is 24.0 Å². The van der Waals surface area contributed by atoms with Crippen molar-refractivity contribution in [3.63, 3.8) is 0 Å². The minimum absolute atomic E-state index is 0.0985. The average Bonchev–Trinajstić information content (AvgIpc) is 2.38. The van der Waals surface area contributed by atoms with Crippen LogP contribution < -0.4 is 11.1 Å². The molecular formula is C11H19N3O5. The molecular weight excluding hydrogens is 254 g/mol. The van der Waals surface area contributed by atoms with E-state index in [-0.39, 0.29) is 18.2 Å². The highest BCUT2D eigenvalue weighted by atomic mass is 16.7. The monoisotopic (exact) mass is 273 g/mol. The van der Waals surface area contributed by atoms with Crippen molar-refractivity contribution in [2.75, 3.05) is 20.7 Å². The van der Waals surface area contributed by atoms with Crippen LogP contribution in [-0.2, 0) is 19.2 Å². The highest BCUT2D eigenvalue weighted by Crippen LogP contribution is 2.20. The van der Waals surface area contributed by atoms with Gasteiger partial charge in [-0.25, -0.2) is 9.86 Å². The zero-order valence-electron chi connectivity index (χ0n) is 11.0. The summed E-state index contributed by atoms with van der Waals surface area (Å²) in [6, 6.07) is 0. The van der Waals surface area contributed by atoms with E-state index < -0.39 is 18.1 Å². The summed E-state index contributed by atoms with van der Waals surface area (Å²) < 4.78 is 4.77. The second-order valence-corrected chi connectivity index (χ2v) is 4.31. The van der Waals surface area contributed by atoms with Crippen LogP contribution in [0.4, 0.5) is 4.79 Å². The van der Waals surface area contributed by atoms with Crippen LogP contribution in [0.3, 0.4) is 0 Å². The molecule has 8 nitrogen and oxygen atoms in total. The number of nitrogens with two attached hydrogens (primary N) is 1. The number of hydroxylamine groups is 2. The lowest BCUT2D eigenvalue weighted by molar-refractivity contribution is -0.178. The van der Waals surface area contributed by atoms with Crippen molar-refractivity contribution >= 4 is 17.9 Å². The molecule has 0 aromatic carbocycles. The van der Waals surface area contributed by atoms with Crippen molar-refractivity contribution in [3.8, 4) is 0 Å². The Kier molecular flexibility index (Phi) is 5.56. The lowest BCUT2D eigenvalue weighted by atomic mass is 9.92. The molecule has 3 N–H and O–H groups in total. The van der Waals surface area contributed by atoms with Gasteiger partial charge in [0.1, 0.15) is 0 Å². The topological polar surface area (TPSA) is 111 Å². The van der Waals surface area contributed by atoms with Crippen LogP contribution in [0, 0.1) is 5.92 Å². The predicted molar refractivity (Wildman–Crippen MR) is 64.6 cm³/mol. The summed E-state index contributed by atoms with van der Waals surface area (Å²) in [5.41, 5.74) is 4.94. The van der Waals surface area contributed by atoms with Crippen LogP contribution in [0.2, 0.25) is 0 Å². The average molecular weight is 273 g/mol. The van der Waals surface area contributed by atoms with E-state index in [0.29, 0.717) is 13.0 Å². The molecule has 108 valence electrons. The molecule has 1 rings (SSSR count). The van der Waals surface area contributed by atoms with E-state index in [1.165, 1.54) is 14.2 Å². The van der Waals surface area contributed by atoms with Gasteiger partial charge in [-0.3, -0.25) is 14.4 Å². The number of piperidine rings is 1. The summed E-state index contributed by atoms with van der Waals surface area (Å²) in [5, 5.41) is 3.64. The molecule has 1 aliphatic heterocycles. The Hall–Kier alpha value is -1.83. The lowest BCUT2D eigenvalue weighted by Gasteiger charge is -2.26. The van der Waals surface area contributed by atoms with Gasteiger partial charge in [-0.05, 0) is 12.8 Å². The smallest absolute Gasteiger partial charge is 0.405 e. The van der Waals surface area contributed by atoms with Crippen LogP contribution in [0.1, 0.15) is 19.3 Å². The highest BCUT2D eigenvalue weighted by molar-refractivity contribution is 5.84.